The first kappa shape index (κ1) is 24.9. The van der Waals surface area contributed by atoms with Gasteiger partial charge in [0.1, 0.15) is 11.2 Å². The van der Waals surface area contributed by atoms with Gasteiger partial charge < -0.3 is 4.42 Å². The third-order valence-corrected chi connectivity index (χ3v) is 7.83. The molecule has 0 aliphatic heterocycles. The van der Waals surface area contributed by atoms with Crippen LogP contribution in [0.5, 0.6) is 0 Å². The van der Waals surface area contributed by atoms with Crippen LogP contribution in [0.2, 0.25) is 0 Å². The van der Waals surface area contributed by atoms with E-state index in [1.54, 1.807) is 12.4 Å². The number of furan rings is 1. The van der Waals surface area contributed by atoms with E-state index in [1.165, 1.54) is 11.1 Å². The van der Waals surface area contributed by atoms with Crippen molar-refractivity contribution < 1.29 is 4.42 Å². The van der Waals surface area contributed by atoms with E-state index in [-0.39, 0.29) is 0 Å². The lowest BCUT2D eigenvalue weighted by molar-refractivity contribution is 0.670. The zero-order chi connectivity index (χ0) is 28.6. The Morgan fingerprint density at radius 3 is 1.77 bits per heavy atom. The third kappa shape index (κ3) is 4.65. The fourth-order valence-electron chi connectivity index (χ4n) is 5.63. The van der Waals surface area contributed by atoms with Gasteiger partial charge in [-0.15, -0.1) is 0 Å². The highest BCUT2D eigenvalue weighted by Crippen LogP contribution is 2.36. The highest BCUT2D eigenvalue weighted by molar-refractivity contribution is 6.09. The standard InChI is InChI=1S/C39H25N3O/c1-2-8-26(9-3-1)27-15-19-29(20-16-27)35-24-36(42-39(41-35)31-10-7-23-40-25-31)30-21-17-28(18-22-30)32-12-6-13-34-33-11-4-5-14-37(33)43-38(32)34/h1-25H. The smallest absolute Gasteiger partial charge is 0.161 e. The molecule has 0 unspecified atom stereocenters. The molecule has 0 radical (unpaired) electrons. The van der Waals surface area contributed by atoms with Crippen molar-refractivity contribution in [1.82, 2.24) is 15.0 Å². The van der Waals surface area contributed by atoms with E-state index in [0.29, 0.717) is 5.82 Å². The predicted molar refractivity (Wildman–Crippen MR) is 174 cm³/mol. The predicted octanol–water partition coefficient (Wildman–Crippen LogP) is 10.1. The first-order chi connectivity index (χ1) is 21.3. The summed E-state index contributed by atoms with van der Waals surface area (Å²) < 4.78 is 6.29. The number of hydrogen-bond acceptors (Lipinski definition) is 4. The summed E-state index contributed by atoms with van der Waals surface area (Å²) in [7, 11) is 0. The van der Waals surface area contributed by atoms with E-state index < -0.39 is 0 Å². The molecule has 0 bridgehead atoms. The Bertz CT molecular complexity index is 2200. The normalized spacial score (nSPS) is 11.3. The summed E-state index contributed by atoms with van der Waals surface area (Å²) >= 11 is 0. The summed E-state index contributed by atoms with van der Waals surface area (Å²) in [5.41, 5.74) is 10.9. The molecule has 8 aromatic rings. The minimum Gasteiger partial charge on any atom is -0.455 e. The highest BCUT2D eigenvalue weighted by Gasteiger charge is 2.14. The van der Waals surface area contributed by atoms with Crippen LogP contribution >= 0.6 is 0 Å². The summed E-state index contributed by atoms with van der Waals surface area (Å²) in [6.07, 6.45) is 3.57. The fraction of sp³-hybridized carbons (Fsp3) is 0. The largest absolute Gasteiger partial charge is 0.455 e. The van der Waals surface area contributed by atoms with Crippen molar-refractivity contribution in [3.63, 3.8) is 0 Å². The van der Waals surface area contributed by atoms with Gasteiger partial charge >= 0.3 is 0 Å². The molecule has 0 spiro atoms. The van der Waals surface area contributed by atoms with E-state index in [9.17, 15) is 0 Å². The van der Waals surface area contributed by atoms with Crippen LogP contribution in [0.15, 0.2) is 156 Å². The molecule has 202 valence electrons. The van der Waals surface area contributed by atoms with Crippen LogP contribution in [-0.4, -0.2) is 15.0 Å². The van der Waals surface area contributed by atoms with Gasteiger partial charge in [0.15, 0.2) is 5.82 Å². The molecule has 0 aliphatic carbocycles. The van der Waals surface area contributed by atoms with Crippen molar-refractivity contribution in [3.05, 3.63) is 152 Å². The van der Waals surface area contributed by atoms with Gasteiger partial charge in [0.25, 0.3) is 0 Å². The molecule has 0 N–H and O–H groups in total. The van der Waals surface area contributed by atoms with Gasteiger partial charge in [-0.1, -0.05) is 115 Å². The summed E-state index contributed by atoms with van der Waals surface area (Å²) in [6, 6.07) is 47.9. The number of para-hydroxylation sites is 2. The van der Waals surface area contributed by atoms with Crippen molar-refractivity contribution in [3.8, 4) is 56.2 Å². The Morgan fingerprint density at radius 1 is 0.442 bits per heavy atom. The maximum Gasteiger partial charge on any atom is 0.161 e. The Morgan fingerprint density at radius 2 is 1.05 bits per heavy atom. The molecular weight excluding hydrogens is 526 g/mol. The Labute approximate surface area is 249 Å². The van der Waals surface area contributed by atoms with Gasteiger partial charge in [-0.25, -0.2) is 9.97 Å². The monoisotopic (exact) mass is 551 g/mol. The lowest BCUT2D eigenvalue weighted by atomic mass is 9.99. The van der Waals surface area contributed by atoms with Crippen LogP contribution in [0.25, 0.3) is 78.1 Å². The van der Waals surface area contributed by atoms with Crippen LogP contribution in [0.1, 0.15) is 0 Å². The lowest BCUT2D eigenvalue weighted by Gasteiger charge is -2.11. The SMILES string of the molecule is c1ccc(-c2ccc(-c3cc(-c4ccc(-c5cccc6c5oc5ccccc56)cc4)nc(-c4cccnc4)n3)cc2)cc1. The number of benzene rings is 5. The molecule has 8 rings (SSSR count). The molecule has 0 saturated carbocycles. The maximum atomic E-state index is 6.29. The van der Waals surface area contributed by atoms with Crippen LogP contribution in [0.4, 0.5) is 0 Å². The van der Waals surface area contributed by atoms with Gasteiger partial charge in [0.2, 0.25) is 0 Å². The number of nitrogens with zero attached hydrogens (tertiary/aromatic N) is 3. The average Bonchev–Trinajstić information content (AvgIpc) is 3.48. The molecule has 4 heteroatoms. The molecule has 0 aliphatic rings. The van der Waals surface area contributed by atoms with Gasteiger partial charge in [-0.05, 0) is 41.0 Å². The molecule has 0 fully saturated rings. The number of fused-ring (bicyclic) bond motifs is 3. The van der Waals surface area contributed by atoms with Crippen molar-refractivity contribution in [2.24, 2.45) is 0 Å². The van der Waals surface area contributed by atoms with E-state index >= 15 is 0 Å². The van der Waals surface area contributed by atoms with Crippen LogP contribution in [0, 0.1) is 0 Å². The van der Waals surface area contributed by atoms with E-state index in [1.807, 2.05) is 36.4 Å². The molecule has 3 aromatic heterocycles. The fourth-order valence-corrected chi connectivity index (χ4v) is 5.63. The average molecular weight is 552 g/mol. The van der Waals surface area contributed by atoms with Crippen LogP contribution < -0.4 is 0 Å². The number of pyridine rings is 1. The maximum absolute atomic E-state index is 6.29. The quantitative estimate of drug-likeness (QED) is 0.214. The molecule has 43 heavy (non-hydrogen) atoms. The summed E-state index contributed by atoms with van der Waals surface area (Å²) in [4.78, 5) is 14.2. The Balaban J connectivity index is 1.20. The Hall–Kier alpha value is -5.87. The zero-order valence-corrected chi connectivity index (χ0v) is 23.2. The van der Waals surface area contributed by atoms with Gasteiger partial charge in [0.05, 0.1) is 11.4 Å². The molecule has 5 aromatic carbocycles. The van der Waals surface area contributed by atoms with E-state index in [2.05, 4.69) is 108 Å². The van der Waals surface area contributed by atoms with Crippen molar-refractivity contribution in [2.45, 2.75) is 0 Å². The second kappa shape index (κ2) is 10.5. The van der Waals surface area contributed by atoms with Crippen molar-refractivity contribution in [2.75, 3.05) is 0 Å². The first-order valence-electron chi connectivity index (χ1n) is 14.3. The zero-order valence-electron chi connectivity index (χ0n) is 23.2. The van der Waals surface area contributed by atoms with Crippen molar-refractivity contribution >= 4 is 21.9 Å². The molecule has 4 nitrogen and oxygen atoms in total. The number of hydrogen-bond donors (Lipinski definition) is 0. The number of rotatable bonds is 5. The third-order valence-electron chi connectivity index (χ3n) is 7.83. The van der Waals surface area contributed by atoms with E-state index in [0.717, 1.165) is 61.1 Å². The van der Waals surface area contributed by atoms with Crippen molar-refractivity contribution in [1.29, 1.82) is 0 Å². The highest BCUT2D eigenvalue weighted by atomic mass is 16.3. The second-order valence-electron chi connectivity index (χ2n) is 10.5. The van der Waals surface area contributed by atoms with Crippen LogP contribution in [0.3, 0.4) is 0 Å². The van der Waals surface area contributed by atoms with Gasteiger partial charge in [-0.3, -0.25) is 4.98 Å². The molecule has 3 heterocycles. The van der Waals surface area contributed by atoms with Crippen LogP contribution in [-0.2, 0) is 0 Å². The minimum atomic E-state index is 0.642. The molecule has 0 saturated heterocycles. The van der Waals surface area contributed by atoms with Gasteiger partial charge in [-0.2, -0.15) is 0 Å². The first-order valence-corrected chi connectivity index (χ1v) is 14.3. The molecular formula is C39H25N3O. The van der Waals surface area contributed by atoms with E-state index in [4.69, 9.17) is 14.4 Å². The number of aromatic nitrogens is 3. The lowest BCUT2D eigenvalue weighted by Crippen LogP contribution is -1.96. The topological polar surface area (TPSA) is 51.8 Å². The summed E-state index contributed by atoms with van der Waals surface area (Å²) in [5.74, 6) is 0.642. The van der Waals surface area contributed by atoms with Gasteiger partial charge in [0, 0.05) is 45.4 Å². The second-order valence-corrected chi connectivity index (χ2v) is 10.5. The summed E-state index contributed by atoms with van der Waals surface area (Å²) in [5, 5.41) is 2.25. The Kier molecular flexibility index (Phi) is 6.08. The molecule has 0 atom stereocenters. The summed E-state index contributed by atoms with van der Waals surface area (Å²) in [6.45, 7) is 0. The molecule has 0 amide bonds. The minimum absolute atomic E-state index is 0.642.